The monoisotopic (exact) mass is 177 g/mol. The number of nitrogens with two attached hydrogens (primary N) is 1. The first-order valence-corrected chi connectivity index (χ1v) is 5.12. The van der Waals surface area contributed by atoms with Crippen LogP contribution in [0.1, 0.15) is 31.7 Å². The summed E-state index contributed by atoms with van der Waals surface area (Å²) in [6.45, 7) is 2.20. The smallest absolute Gasteiger partial charge is 0.00793 e. The highest BCUT2D eigenvalue weighted by atomic mass is 14.6. The van der Waals surface area contributed by atoms with Crippen LogP contribution in [0.25, 0.3) is 0 Å². The fraction of sp³-hybridized carbons (Fsp3) is 0.500. The number of unbranched alkanes of at least 4 members (excludes halogenated alkanes) is 1. The summed E-state index contributed by atoms with van der Waals surface area (Å²) in [4.78, 5) is 0. The molecule has 0 unspecified atom stereocenters. The summed E-state index contributed by atoms with van der Waals surface area (Å²) < 4.78 is 0. The van der Waals surface area contributed by atoms with Crippen LogP contribution in [0.4, 0.5) is 0 Å². The van der Waals surface area contributed by atoms with E-state index in [1.165, 1.54) is 18.4 Å². The Morgan fingerprint density at radius 3 is 2.54 bits per heavy atom. The average molecular weight is 177 g/mol. The third-order valence-electron chi connectivity index (χ3n) is 2.27. The summed E-state index contributed by atoms with van der Waals surface area (Å²) in [6, 6.07) is 10.8. The van der Waals surface area contributed by atoms with Crippen molar-refractivity contribution in [3.8, 4) is 0 Å². The molecule has 1 heteroatoms. The molecule has 0 aromatic heterocycles. The van der Waals surface area contributed by atoms with E-state index < -0.39 is 0 Å². The van der Waals surface area contributed by atoms with E-state index >= 15 is 0 Å². The molecule has 0 amide bonds. The quantitative estimate of drug-likeness (QED) is 0.735. The molecular weight excluding hydrogens is 158 g/mol. The second kappa shape index (κ2) is 5.76. The van der Waals surface area contributed by atoms with Gasteiger partial charge in [0.05, 0.1) is 0 Å². The maximum atomic E-state index is 5.99. The van der Waals surface area contributed by atoms with E-state index in [0.29, 0.717) is 6.04 Å². The van der Waals surface area contributed by atoms with Gasteiger partial charge in [-0.3, -0.25) is 0 Å². The molecule has 0 spiro atoms. The fourth-order valence-corrected chi connectivity index (χ4v) is 1.49. The second-order valence-corrected chi connectivity index (χ2v) is 3.59. The van der Waals surface area contributed by atoms with Crippen molar-refractivity contribution in [1.29, 1.82) is 0 Å². The molecule has 0 saturated carbocycles. The Bertz CT molecular complexity index is 218. The molecule has 0 radical (unpaired) electrons. The number of hydrogen-bond acceptors (Lipinski definition) is 1. The average Bonchev–Trinajstić information content (AvgIpc) is 2.16. The maximum Gasteiger partial charge on any atom is 0.00793 e. The molecule has 0 saturated heterocycles. The topological polar surface area (TPSA) is 26.0 Å². The lowest BCUT2D eigenvalue weighted by molar-refractivity contribution is 0.574. The molecule has 0 aliphatic heterocycles. The third kappa shape index (κ3) is 4.09. The van der Waals surface area contributed by atoms with Gasteiger partial charge >= 0.3 is 0 Å². The SMILES string of the molecule is CCCC[C@H](N)Cc1ccccc1. The van der Waals surface area contributed by atoms with E-state index in [9.17, 15) is 0 Å². The van der Waals surface area contributed by atoms with E-state index in [1.807, 2.05) is 6.07 Å². The van der Waals surface area contributed by atoms with Crippen molar-refractivity contribution >= 4 is 0 Å². The normalized spacial score (nSPS) is 12.8. The van der Waals surface area contributed by atoms with Gasteiger partial charge in [0.25, 0.3) is 0 Å². The standard InChI is InChI=1S/C12H19N/c1-2-3-9-12(13)10-11-7-5-4-6-8-11/h4-8,12H,2-3,9-10,13H2,1H3/t12-/m0/s1. The van der Waals surface area contributed by atoms with Gasteiger partial charge in [-0.2, -0.15) is 0 Å². The zero-order valence-electron chi connectivity index (χ0n) is 8.37. The minimum Gasteiger partial charge on any atom is -0.327 e. The van der Waals surface area contributed by atoms with Crippen LogP contribution in [0.3, 0.4) is 0 Å². The van der Waals surface area contributed by atoms with E-state index in [4.69, 9.17) is 5.73 Å². The predicted molar refractivity (Wildman–Crippen MR) is 57.6 cm³/mol. The summed E-state index contributed by atoms with van der Waals surface area (Å²) in [7, 11) is 0. The molecule has 1 aromatic carbocycles. The van der Waals surface area contributed by atoms with Crippen molar-refractivity contribution in [3.05, 3.63) is 35.9 Å². The van der Waals surface area contributed by atoms with Gasteiger partial charge in [-0.15, -0.1) is 0 Å². The number of benzene rings is 1. The maximum absolute atomic E-state index is 5.99. The second-order valence-electron chi connectivity index (χ2n) is 3.59. The molecule has 0 fully saturated rings. The van der Waals surface area contributed by atoms with Crippen LogP contribution in [0.2, 0.25) is 0 Å². The van der Waals surface area contributed by atoms with Gasteiger partial charge in [0.2, 0.25) is 0 Å². The van der Waals surface area contributed by atoms with Crippen LogP contribution in [0.15, 0.2) is 30.3 Å². The molecule has 1 aromatic rings. The van der Waals surface area contributed by atoms with Crippen molar-refractivity contribution in [2.75, 3.05) is 0 Å². The third-order valence-corrected chi connectivity index (χ3v) is 2.27. The first kappa shape index (κ1) is 10.3. The van der Waals surface area contributed by atoms with Gasteiger partial charge < -0.3 is 5.73 Å². The van der Waals surface area contributed by atoms with E-state index in [-0.39, 0.29) is 0 Å². The van der Waals surface area contributed by atoms with E-state index in [2.05, 4.69) is 31.2 Å². The molecule has 0 bridgehead atoms. The van der Waals surface area contributed by atoms with Crippen LogP contribution < -0.4 is 5.73 Å². The van der Waals surface area contributed by atoms with Gasteiger partial charge in [-0.05, 0) is 18.4 Å². The van der Waals surface area contributed by atoms with Crippen molar-refractivity contribution in [3.63, 3.8) is 0 Å². The van der Waals surface area contributed by atoms with Gasteiger partial charge in [0.15, 0.2) is 0 Å². The lowest BCUT2D eigenvalue weighted by Crippen LogP contribution is -2.22. The summed E-state index contributed by atoms with van der Waals surface area (Å²) in [5, 5.41) is 0. The molecule has 0 aliphatic rings. The van der Waals surface area contributed by atoms with E-state index in [0.717, 1.165) is 12.8 Å². The highest BCUT2D eigenvalue weighted by Gasteiger charge is 2.02. The van der Waals surface area contributed by atoms with Gasteiger partial charge in [-0.25, -0.2) is 0 Å². The Hall–Kier alpha value is -0.820. The van der Waals surface area contributed by atoms with Crippen molar-refractivity contribution in [1.82, 2.24) is 0 Å². The van der Waals surface area contributed by atoms with Crippen molar-refractivity contribution in [2.24, 2.45) is 5.73 Å². The molecule has 0 aliphatic carbocycles. The molecule has 1 nitrogen and oxygen atoms in total. The van der Waals surface area contributed by atoms with Crippen LogP contribution in [-0.4, -0.2) is 6.04 Å². The van der Waals surface area contributed by atoms with Gasteiger partial charge in [0.1, 0.15) is 0 Å². The number of hydrogen-bond donors (Lipinski definition) is 1. The van der Waals surface area contributed by atoms with Crippen molar-refractivity contribution in [2.45, 2.75) is 38.6 Å². The van der Waals surface area contributed by atoms with Crippen LogP contribution in [-0.2, 0) is 6.42 Å². The van der Waals surface area contributed by atoms with Crippen LogP contribution in [0.5, 0.6) is 0 Å². The Balaban J connectivity index is 2.32. The Kier molecular flexibility index (Phi) is 4.55. The molecule has 72 valence electrons. The number of rotatable bonds is 5. The summed E-state index contributed by atoms with van der Waals surface area (Å²) >= 11 is 0. The highest BCUT2D eigenvalue weighted by Crippen LogP contribution is 2.06. The molecule has 2 N–H and O–H groups in total. The Morgan fingerprint density at radius 2 is 1.92 bits per heavy atom. The summed E-state index contributed by atoms with van der Waals surface area (Å²) in [5.74, 6) is 0. The summed E-state index contributed by atoms with van der Waals surface area (Å²) in [5.41, 5.74) is 7.34. The minimum atomic E-state index is 0.336. The first-order chi connectivity index (χ1) is 6.33. The largest absolute Gasteiger partial charge is 0.327 e. The zero-order chi connectivity index (χ0) is 9.52. The van der Waals surface area contributed by atoms with Crippen LogP contribution >= 0.6 is 0 Å². The highest BCUT2D eigenvalue weighted by molar-refractivity contribution is 5.15. The van der Waals surface area contributed by atoms with Crippen molar-refractivity contribution < 1.29 is 0 Å². The molecule has 1 atom stereocenters. The van der Waals surface area contributed by atoms with E-state index in [1.54, 1.807) is 0 Å². The van der Waals surface area contributed by atoms with Gasteiger partial charge in [0, 0.05) is 6.04 Å². The molecule has 13 heavy (non-hydrogen) atoms. The zero-order valence-corrected chi connectivity index (χ0v) is 8.37. The lowest BCUT2D eigenvalue weighted by atomic mass is 10.0. The summed E-state index contributed by atoms with van der Waals surface area (Å²) in [6.07, 6.45) is 4.64. The van der Waals surface area contributed by atoms with Gasteiger partial charge in [-0.1, -0.05) is 50.1 Å². The Morgan fingerprint density at radius 1 is 1.23 bits per heavy atom. The fourth-order valence-electron chi connectivity index (χ4n) is 1.49. The lowest BCUT2D eigenvalue weighted by Gasteiger charge is -2.10. The predicted octanol–water partition coefficient (Wildman–Crippen LogP) is 2.75. The Labute approximate surface area is 81.0 Å². The molecule has 1 rings (SSSR count). The first-order valence-electron chi connectivity index (χ1n) is 5.12. The van der Waals surface area contributed by atoms with Crippen LogP contribution in [0, 0.1) is 0 Å². The molecule has 0 heterocycles. The molecular formula is C12H19N. The minimum absolute atomic E-state index is 0.336.